The monoisotopic (exact) mass is 228 g/mol. The highest BCUT2D eigenvalue weighted by atomic mass is 16.1. The molecule has 2 aromatic heterocycles. The number of nitrogens with zero attached hydrogens (tertiary/aromatic N) is 3. The molecule has 0 spiro atoms. The molecule has 1 N–H and O–H groups in total. The van der Waals surface area contributed by atoms with Crippen molar-refractivity contribution in [2.75, 3.05) is 6.54 Å². The molecule has 2 rings (SSSR count). The lowest BCUT2D eigenvalue weighted by molar-refractivity contribution is 0.0957. The summed E-state index contributed by atoms with van der Waals surface area (Å²) in [6.45, 7) is 3.98. The third-order valence-electron chi connectivity index (χ3n) is 2.19. The van der Waals surface area contributed by atoms with Gasteiger partial charge in [-0.2, -0.15) is 0 Å². The Morgan fingerprint density at radius 1 is 1.53 bits per heavy atom. The first kappa shape index (κ1) is 11.1. The van der Waals surface area contributed by atoms with Crippen molar-refractivity contribution in [3.8, 4) is 5.82 Å². The summed E-state index contributed by atoms with van der Waals surface area (Å²) in [5.41, 5.74) is 0.524. The molecule has 2 aromatic rings. The van der Waals surface area contributed by atoms with Gasteiger partial charge in [0, 0.05) is 25.1 Å². The summed E-state index contributed by atoms with van der Waals surface area (Å²) >= 11 is 0. The Morgan fingerprint density at radius 3 is 3.00 bits per heavy atom. The second-order valence-electron chi connectivity index (χ2n) is 3.37. The lowest BCUT2D eigenvalue weighted by atomic mass is 10.2. The molecule has 0 bridgehead atoms. The van der Waals surface area contributed by atoms with E-state index in [0.717, 1.165) is 5.82 Å². The standard InChI is InChI=1S/C12H12N4O/c1-2-5-14-12(17)10-3-4-11(15-8-10)16-7-6-13-9-16/h2-4,6-9H,1,5H2,(H,14,17). The maximum absolute atomic E-state index is 11.6. The summed E-state index contributed by atoms with van der Waals surface area (Å²) in [4.78, 5) is 19.7. The number of carbonyl (C=O) groups excluding carboxylic acids is 1. The topological polar surface area (TPSA) is 59.8 Å². The highest BCUT2D eigenvalue weighted by Gasteiger charge is 2.05. The molecule has 2 heterocycles. The second-order valence-corrected chi connectivity index (χ2v) is 3.37. The quantitative estimate of drug-likeness (QED) is 0.799. The molecule has 0 aromatic carbocycles. The lowest BCUT2D eigenvalue weighted by Gasteiger charge is -2.04. The number of imidazole rings is 1. The van der Waals surface area contributed by atoms with Crippen molar-refractivity contribution in [3.63, 3.8) is 0 Å². The van der Waals surface area contributed by atoms with Gasteiger partial charge in [0.1, 0.15) is 12.1 Å². The van der Waals surface area contributed by atoms with Gasteiger partial charge in [-0.3, -0.25) is 9.36 Å². The second kappa shape index (κ2) is 5.07. The molecule has 1 amide bonds. The number of nitrogens with one attached hydrogen (secondary N) is 1. The molecule has 0 fully saturated rings. The van der Waals surface area contributed by atoms with Crippen LogP contribution in [0.25, 0.3) is 5.82 Å². The minimum atomic E-state index is -0.158. The van der Waals surface area contributed by atoms with Gasteiger partial charge in [-0.1, -0.05) is 6.08 Å². The van der Waals surface area contributed by atoms with Gasteiger partial charge in [-0.15, -0.1) is 6.58 Å². The van der Waals surface area contributed by atoms with Crippen molar-refractivity contribution < 1.29 is 4.79 Å². The zero-order chi connectivity index (χ0) is 12.1. The third kappa shape index (κ3) is 2.57. The molecule has 0 unspecified atom stereocenters. The van der Waals surface area contributed by atoms with Crippen molar-refractivity contribution in [1.29, 1.82) is 0 Å². The van der Waals surface area contributed by atoms with Gasteiger partial charge in [0.25, 0.3) is 5.91 Å². The maximum atomic E-state index is 11.6. The van der Waals surface area contributed by atoms with Crippen LogP contribution in [0.3, 0.4) is 0 Å². The first-order valence-corrected chi connectivity index (χ1v) is 5.15. The molecule has 17 heavy (non-hydrogen) atoms. The zero-order valence-electron chi connectivity index (χ0n) is 9.21. The molecule has 0 atom stereocenters. The van der Waals surface area contributed by atoms with Gasteiger partial charge in [0.15, 0.2) is 0 Å². The highest BCUT2D eigenvalue weighted by Crippen LogP contribution is 2.05. The first-order valence-electron chi connectivity index (χ1n) is 5.15. The van der Waals surface area contributed by atoms with E-state index in [4.69, 9.17) is 0 Å². The van der Waals surface area contributed by atoms with Crippen molar-refractivity contribution >= 4 is 5.91 Å². The zero-order valence-corrected chi connectivity index (χ0v) is 9.21. The lowest BCUT2D eigenvalue weighted by Crippen LogP contribution is -2.23. The molecule has 5 nitrogen and oxygen atoms in total. The van der Waals surface area contributed by atoms with Crippen molar-refractivity contribution in [1.82, 2.24) is 19.9 Å². The number of pyridine rings is 1. The smallest absolute Gasteiger partial charge is 0.253 e. The van der Waals surface area contributed by atoms with E-state index in [1.165, 1.54) is 6.20 Å². The van der Waals surface area contributed by atoms with Crippen molar-refractivity contribution in [2.24, 2.45) is 0 Å². The molecule has 0 aliphatic heterocycles. The van der Waals surface area contributed by atoms with Crippen LogP contribution in [0.1, 0.15) is 10.4 Å². The molecule has 0 aliphatic rings. The van der Waals surface area contributed by atoms with E-state index >= 15 is 0 Å². The highest BCUT2D eigenvalue weighted by molar-refractivity contribution is 5.94. The largest absolute Gasteiger partial charge is 0.349 e. The maximum Gasteiger partial charge on any atom is 0.253 e. The Kier molecular flexibility index (Phi) is 3.30. The van der Waals surface area contributed by atoms with Crippen LogP contribution in [-0.2, 0) is 0 Å². The summed E-state index contributed by atoms with van der Waals surface area (Å²) in [6.07, 6.45) is 8.28. The number of hydrogen-bond acceptors (Lipinski definition) is 3. The first-order chi connectivity index (χ1) is 8.31. The molecule has 0 radical (unpaired) electrons. The van der Waals surface area contributed by atoms with Crippen LogP contribution in [0.4, 0.5) is 0 Å². The Labute approximate surface area is 98.8 Å². The molecule has 0 saturated carbocycles. The predicted octanol–water partition coefficient (Wildman–Crippen LogP) is 1.18. The van der Waals surface area contributed by atoms with E-state index in [2.05, 4.69) is 21.9 Å². The average Bonchev–Trinajstić information content (AvgIpc) is 2.90. The average molecular weight is 228 g/mol. The number of rotatable bonds is 4. The van der Waals surface area contributed by atoms with Crippen molar-refractivity contribution in [2.45, 2.75) is 0 Å². The number of carbonyl (C=O) groups is 1. The summed E-state index contributed by atoms with van der Waals surface area (Å²) in [7, 11) is 0. The van der Waals surface area contributed by atoms with Crippen LogP contribution in [0.15, 0.2) is 49.7 Å². The van der Waals surface area contributed by atoms with Gasteiger partial charge in [-0.25, -0.2) is 9.97 Å². The van der Waals surface area contributed by atoms with Crippen LogP contribution >= 0.6 is 0 Å². The van der Waals surface area contributed by atoms with Gasteiger partial charge in [0.05, 0.1) is 5.56 Å². The summed E-state index contributed by atoms with van der Waals surface area (Å²) in [5.74, 6) is 0.567. The molecule has 0 saturated heterocycles. The molecule has 86 valence electrons. The number of amides is 1. The van der Waals surface area contributed by atoms with E-state index < -0.39 is 0 Å². The SMILES string of the molecule is C=CCNC(=O)c1ccc(-n2ccnc2)nc1. The summed E-state index contributed by atoms with van der Waals surface area (Å²) in [6, 6.07) is 3.49. The molecule has 5 heteroatoms. The van der Waals surface area contributed by atoms with Crippen molar-refractivity contribution in [3.05, 3.63) is 55.3 Å². The van der Waals surface area contributed by atoms with Gasteiger partial charge >= 0.3 is 0 Å². The fourth-order valence-electron chi connectivity index (χ4n) is 1.33. The summed E-state index contributed by atoms with van der Waals surface area (Å²) in [5, 5.41) is 2.69. The minimum absolute atomic E-state index is 0.158. The van der Waals surface area contributed by atoms with Crippen LogP contribution < -0.4 is 5.32 Å². The van der Waals surface area contributed by atoms with Crippen LogP contribution in [0.2, 0.25) is 0 Å². The fraction of sp³-hybridized carbons (Fsp3) is 0.0833. The van der Waals surface area contributed by atoms with E-state index in [0.29, 0.717) is 12.1 Å². The Morgan fingerprint density at radius 2 is 2.41 bits per heavy atom. The Bertz CT molecular complexity index is 502. The molecular weight excluding hydrogens is 216 g/mol. The number of aromatic nitrogens is 3. The Hall–Kier alpha value is -2.43. The normalized spacial score (nSPS) is 9.88. The van der Waals surface area contributed by atoms with E-state index in [1.807, 2.05) is 0 Å². The van der Waals surface area contributed by atoms with Gasteiger partial charge in [0.2, 0.25) is 0 Å². The van der Waals surface area contributed by atoms with Gasteiger partial charge in [-0.05, 0) is 12.1 Å². The van der Waals surface area contributed by atoms with E-state index in [1.54, 1.807) is 41.5 Å². The van der Waals surface area contributed by atoms with Gasteiger partial charge < -0.3 is 5.32 Å². The predicted molar refractivity (Wildman–Crippen MR) is 63.9 cm³/mol. The molecule has 0 aliphatic carbocycles. The van der Waals surface area contributed by atoms with E-state index in [-0.39, 0.29) is 5.91 Å². The molecular formula is C12H12N4O. The number of hydrogen-bond donors (Lipinski definition) is 1. The van der Waals surface area contributed by atoms with Crippen LogP contribution in [-0.4, -0.2) is 27.0 Å². The fourth-order valence-corrected chi connectivity index (χ4v) is 1.33. The summed E-state index contributed by atoms with van der Waals surface area (Å²) < 4.78 is 1.77. The minimum Gasteiger partial charge on any atom is -0.349 e. The third-order valence-corrected chi connectivity index (χ3v) is 2.19. The Balaban J connectivity index is 2.13. The van der Waals surface area contributed by atoms with E-state index in [9.17, 15) is 4.79 Å². The van der Waals surface area contributed by atoms with Crippen LogP contribution in [0.5, 0.6) is 0 Å². The van der Waals surface area contributed by atoms with Crippen LogP contribution in [0, 0.1) is 0 Å².